The van der Waals surface area contributed by atoms with E-state index in [2.05, 4.69) is 31.9 Å². The van der Waals surface area contributed by atoms with Crippen molar-refractivity contribution < 1.29 is 0 Å². The highest BCUT2D eigenvalue weighted by molar-refractivity contribution is 9.09. The third kappa shape index (κ3) is 268. The molecule has 8 heavy (non-hydrogen) atoms. The lowest BCUT2D eigenvalue weighted by Gasteiger charge is -1.07. The van der Waals surface area contributed by atoms with Gasteiger partial charge in [0.25, 0.3) is 0 Å². The normalized spacial score (nSPS) is 3.00. The van der Waals surface area contributed by atoms with Crippen LogP contribution in [0.4, 0.5) is 0 Å². The molecular weight excluding hydrogens is 232 g/mol. The molecular formula is C6H18Br2. The van der Waals surface area contributed by atoms with Crippen molar-refractivity contribution in [1.82, 2.24) is 0 Å². The van der Waals surface area contributed by atoms with Gasteiger partial charge in [0.15, 0.2) is 0 Å². The third-order valence-electron chi connectivity index (χ3n) is 0. The van der Waals surface area contributed by atoms with Crippen molar-refractivity contribution in [3.05, 3.63) is 0 Å². The lowest BCUT2D eigenvalue weighted by atomic mass is 11.0. The highest BCUT2D eigenvalue weighted by atomic mass is 79.9. The first kappa shape index (κ1) is 23.1. The fourth-order valence-corrected chi connectivity index (χ4v) is 0. The molecule has 0 amide bonds. The van der Waals surface area contributed by atoms with E-state index in [4.69, 9.17) is 0 Å². The van der Waals surface area contributed by atoms with E-state index in [0.717, 1.165) is 0 Å². The summed E-state index contributed by atoms with van der Waals surface area (Å²) in [5.41, 5.74) is 0. The van der Waals surface area contributed by atoms with E-state index in [9.17, 15) is 0 Å². The first-order valence-corrected chi connectivity index (χ1v) is 5.93. The summed E-state index contributed by atoms with van der Waals surface area (Å²) in [7, 11) is 0. The van der Waals surface area contributed by atoms with Gasteiger partial charge in [-0.1, -0.05) is 59.6 Å². The summed E-state index contributed by atoms with van der Waals surface area (Å²) >= 11 is 5.88. The molecule has 0 aromatic carbocycles. The molecule has 0 heterocycles. The maximum Gasteiger partial charge on any atom is -0.00848 e. The average Bonchev–Trinajstić information content (AvgIpc) is 2.03. The number of rotatable bonds is 0. The molecule has 0 aromatic rings. The number of alkyl halides is 2. The zero-order valence-corrected chi connectivity index (χ0v) is 9.93. The highest BCUT2D eigenvalue weighted by Crippen LogP contribution is 1.45. The number of hydrogen-bond donors (Lipinski definition) is 0. The van der Waals surface area contributed by atoms with Crippen LogP contribution in [-0.4, -0.2) is 11.7 Å². The monoisotopic (exact) mass is 248 g/mol. The first-order chi connectivity index (χ1) is 4.00. The lowest BCUT2D eigenvalue weighted by molar-refractivity contribution is 1.50. The minimum absolute atomic E-state index is 1.81. The van der Waals surface area contributed by atoms with Crippen molar-refractivity contribution >= 4 is 31.9 Å². The summed E-state index contributed by atoms with van der Waals surface area (Å²) < 4.78 is 0. The molecule has 0 aromatic heterocycles. The molecule has 0 aliphatic carbocycles. The van der Waals surface area contributed by atoms with E-state index in [1.54, 1.807) is 0 Å². The molecule has 0 saturated heterocycles. The summed E-state index contributed by atoms with van der Waals surface area (Å²) in [6.07, 6.45) is 0. The van der Waals surface area contributed by atoms with Gasteiger partial charge in [-0.15, -0.1) is 0 Å². The second-order valence-corrected chi connectivity index (χ2v) is 0. The van der Waals surface area contributed by atoms with Crippen LogP contribution < -0.4 is 0 Å². The topological polar surface area (TPSA) is 0 Å². The number of hydrogen-bond acceptors (Lipinski definition) is 0. The van der Waals surface area contributed by atoms with Crippen LogP contribution in [0.5, 0.6) is 0 Å². The maximum atomic E-state index is 2.94. The highest BCUT2D eigenvalue weighted by Gasteiger charge is 0.951. The van der Waals surface area contributed by atoms with Gasteiger partial charge in [0.05, 0.1) is 0 Å². The Bertz CT molecular complexity index is 6.49. The van der Waals surface area contributed by atoms with Gasteiger partial charge in [0.1, 0.15) is 0 Å². The van der Waals surface area contributed by atoms with E-state index in [1.807, 2.05) is 39.4 Å². The molecule has 0 saturated carbocycles. The third-order valence-corrected chi connectivity index (χ3v) is 0. The van der Waals surface area contributed by atoms with Gasteiger partial charge in [0.2, 0.25) is 0 Å². The second kappa shape index (κ2) is 418. The standard InChI is InChI=1S/2C2H6.2CH3Br/c4*1-2/h2*1-2H3;2*1H3. The largest absolute Gasteiger partial charge is 0.0966 e. The van der Waals surface area contributed by atoms with Crippen LogP contribution in [0.1, 0.15) is 27.7 Å². The molecule has 0 spiro atoms. The summed E-state index contributed by atoms with van der Waals surface area (Å²) in [5, 5.41) is 0. The molecule has 0 bridgehead atoms. The van der Waals surface area contributed by atoms with Crippen molar-refractivity contribution in [2.75, 3.05) is 11.7 Å². The smallest absolute Gasteiger partial charge is 0.00848 e. The first-order valence-electron chi connectivity index (χ1n) is 2.76. The van der Waals surface area contributed by atoms with E-state index >= 15 is 0 Å². The molecule has 56 valence electrons. The van der Waals surface area contributed by atoms with Gasteiger partial charge < -0.3 is 0 Å². The molecule has 2 heteroatoms. The fraction of sp³-hybridized carbons (Fsp3) is 1.00. The van der Waals surface area contributed by atoms with Crippen molar-refractivity contribution in [2.24, 2.45) is 0 Å². The van der Waals surface area contributed by atoms with E-state index in [-0.39, 0.29) is 0 Å². The van der Waals surface area contributed by atoms with Gasteiger partial charge in [-0.2, -0.15) is 0 Å². The van der Waals surface area contributed by atoms with Gasteiger partial charge >= 0.3 is 0 Å². The number of halogens is 2. The van der Waals surface area contributed by atoms with Gasteiger partial charge in [-0.3, -0.25) is 0 Å². The van der Waals surface area contributed by atoms with Crippen LogP contribution in [0.25, 0.3) is 0 Å². The molecule has 0 rings (SSSR count). The van der Waals surface area contributed by atoms with Crippen molar-refractivity contribution in [1.29, 1.82) is 0 Å². The zero-order valence-electron chi connectivity index (χ0n) is 6.76. The van der Waals surface area contributed by atoms with Crippen LogP contribution in [-0.2, 0) is 0 Å². The van der Waals surface area contributed by atoms with E-state index in [0.29, 0.717) is 0 Å². The molecule has 0 aliphatic rings. The fourth-order valence-electron chi connectivity index (χ4n) is 0. The Morgan fingerprint density at radius 2 is 0.500 bits per heavy atom. The average molecular weight is 250 g/mol. The minimum Gasteiger partial charge on any atom is -0.0966 e. The molecule has 0 unspecified atom stereocenters. The lowest BCUT2D eigenvalue weighted by Crippen LogP contribution is -0.856. The Hall–Kier alpha value is 0.960. The van der Waals surface area contributed by atoms with Crippen LogP contribution in [0.2, 0.25) is 0 Å². The van der Waals surface area contributed by atoms with Crippen LogP contribution in [0, 0.1) is 0 Å². The molecule has 0 aliphatic heterocycles. The Balaban J connectivity index is -0.0000000133. The van der Waals surface area contributed by atoms with Crippen LogP contribution in [0.3, 0.4) is 0 Å². The Kier molecular flexibility index (Phi) is 1210. The van der Waals surface area contributed by atoms with Crippen molar-refractivity contribution in [2.45, 2.75) is 27.7 Å². The van der Waals surface area contributed by atoms with Gasteiger partial charge in [-0.05, 0) is 11.7 Å². The summed E-state index contributed by atoms with van der Waals surface area (Å²) in [5.74, 6) is 3.62. The van der Waals surface area contributed by atoms with Crippen LogP contribution in [0.15, 0.2) is 0 Å². The molecule has 0 radical (unpaired) electrons. The predicted octanol–water partition coefficient (Wildman–Crippen LogP) is 4.07. The van der Waals surface area contributed by atoms with Crippen molar-refractivity contribution in [3.63, 3.8) is 0 Å². The Morgan fingerprint density at radius 1 is 0.500 bits per heavy atom. The molecule has 0 fully saturated rings. The summed E-state index contributed by atoms with van der Waals surface area (Å²) in [6, 6.07) is 0. The predicted molar refractivity (Wildman–Crippen MR) is 52.4 cm³/mol. The quantitative estimate of drug-likeness (QED) is 0.568. The van der Waals surface area contributed by atoms with Crippen LogP contribution >= 0.6 is 31.9 Å². The van der Waals surface area contributed by atoms with Crippen molar-refractivity contribution in [3.8, 4) is 0 Å². The second-order valence-electron chi connectivity index (χ2n) is 0. The van der Waals surface area contributed by atoms with E-state index < -0.39 is 0 Å². The summed E-state index contributed by atoms with van der Waals surface area (Å²) in [4.78, 5) is 0. The van der Waals surface area contributed by atoms with Gasteiger partial charge in [-0.25, -0.2) is 0 Å². The zero-order chi connectivity index (χ0) is 8.00. The maximum absolute atomic E-state index is 2.94. The molecule has 0 nitrogen and oxygen atoms in total. The van der Waals surface area contributed by atoms with Gasteiger partial charge in [0, 0.05) is 0 Å². The SMILES string of the molecule is CBr.CBr.CC.CC. The summed E-state index contributed by atoms with van der Waals surface area (Å²) in [6.45, 7) is 8.00. The molecule has 0 N–H and O–H groups in total. The molecule has 0 atom stereocenters. The minimum atomic E-state index is 1.81. The Labute approximate surface area is 71.3 Å². The van der Waals surface area contributed by atoms with E-state index in [1.165, 1.54) is 0 Å². The Morgan fingerprint density at radius 3 is 0.500 bits per heavy atom.